The van der Waals surface area contributed by atoms with Gasteiger partial charge in [-0.15, -0.1) is 0 Å². The van der Waals surface area contributed by atoms with Crippen LogP contribution in [-0.4, -0.2) is 10.7 Å². The van der Waals surface area contributed by atoms with Crippen LogP contribution < -0.4 is 0 Å². The van der Waals surface area contributed by atoms with Gasteiger partial charge in [0.05, 0.1) is 5.60 Å². The third-order valence-corrected chi connectivity index (χ3v) is 4.03. The van der Waals surface area contributed by atoms with Gasteiger partial charge in [-0.25, -0.2) is 0 Å². The van der Waals surface area contributed by atoms with E-state index in [1.165, 1.54) is 38.5 Å². The van der Waals surface area contributed by atoms with Crippen LogP contribution in [0.4, 0.5) is 0 Å². The molecule has 0 heterocycles. The van der Waals surface area contributed by atoms with Crippen molar-refractivity contribution in [3.8, 4) is 0 Å². The third-order valence-electron chi connectivity index (χ3n) is 4.03. The van der Waals surface area contributed by atoms with E-state index in [9.17, 15) is 5.11 Å². The first-order valence-corrected chi connectivity index (χ1v) is 5.93. The first-order chi connectivity index (χ1) is 6.21. The van der Waals surface area contributed by atoms with E-state index in [-0.39, 0.29) is 5.60 Å². The summed E-state index contributed by atoms with van der Waals surface area (Å²) in [5, 5.41) is 10.0. The minimum Gasteiger partial charge on any atom is -0.390 e. The second-order valence-electron chi connectivity index (χ2n) is 5.27. The van der Waals surface area contributed by atoms with Crippen molar-refractivity contribution in [1.82, 2.24) is 0 Å². The van der Waals surface area contributed by atoms with Crippen LogP contribution in [-0.2, 0) is 0 Å². The molecule has 2 unspecified atom stereocenters. The predicted octanol–water partition coefficient (Wildman–Crippen LogP) is 3.12. The molecule has 76 valence electrons. The fourth-order valence-corrected chi connectivity index (χ4v) is 2.82. The lowest BCUT2D eigenvalue weighted by Crippen LogP contribution is -2.16. The average molecular weight is 182 g/mol. The summed E-state index contributed by atoms with van der Waals surface area (Å²) in [6, 6.07) is 0. The molecule has 2 atom stereocenters. The Kier molecular flexibility index (Phi) is 2.64. The van der Waals surface area contributed by atoms with Crippen LogP contribution >= 0.6 is 0 Å². The van der Waals surface area contributed by atoms with Gasteiger partial charge in [-0.1, -0.05) is 45.4 Å². The van der Waals surface area contributed by atoms with Crippen LogP contribution in [0, 0.1) is 11.8 Å². The minimum absolute atomic E-state index is 0.241. The smallest absolute Gasteiger partial charge is 0.0680 e. The lowest BCUT2D eigenvalue weighted by Gasteiger charge is -2.18. The summed E-state index contributed by atoms with van der Waals surface area (Å²) >= 11 is 0. The Morgan fingerprint density at radius 1 is 1.15 bits per heavy atom. The van der Waals surface area contributed by atoms with Gasteiger partial charge in [-0.2, -0.15) is 0 Å². The van der Waals surface area contributed by atoms with Crippen LogP contribution in [0.25, 0.3) is 0 Å². The Hall–Kier alpha value is -0.0400. The highest BCUT2D eigenvalue weighted by Gasteiger charge is 2.50. The van der Waals surface area contributed by atoms with Gasteiger partial charge >= 0.3 is 0 Å². The first-order valence-electron chi connectivity index (χ1n) is 5.93. The quantitative estimate of drug-likeness (QED) is 0.651. The van der Waals surface area contributed by atoms with Crippen LogP contribution in [0.15, 0.2) is 0 Å². The Labute approximate surface area is 81.5 Å². The molecule has 0 aromatic heterocycles. The summed E-state index contributed by atoms with van der Waals surface area (Å²) in [6.45, 7) is 2.18. The number of aliphatic hydroxyl groups is 1. The lowest BCUT2D eigenvalue weighted by molar-refractivity contribution is 0.0993. The van der Waals surface area contributed by atoms with Crippen molar-refractivity contribution < 1.29 is 5.11 Å². The van der Waals surface area contributed by atoms with Crippen molar-refractivity contribution in [2.75, 3.05) is 0 Å². The van der Waals surface area contributed by atoms with Gasteiger partial charge < -0.3 is 5.11 Å². The van der Waals surface area contributed by atoms with E-state index >= 15 is 0 Å². The summed E-state index contributed by atoms with van der Waals surface area (Å²) in [5.74, 6) is 1.41. The molecule has 2 aliphatic rings. The van der Waals surface area contributed by atoms with Crippen LogP contribution in [0.5, 0.6) is 0 Å². The zero-order valence-electron chi connectivity index (χ0n) is 8.76. The summed E-state index contributed by atoms with van der Waals surface area (Å²) in [5.41, 5.74) is -0.241. The highest BCUT2D eigenvalue weighted by molar-refractivity contribution is 5.01. The maximum Gasteiger partial charge on any atom is 0.0680 e. The molecule has 1 N–H and O–H groups in total. The molecule has 13 heavy (non-hydrogen) atoms. The maximum absolute atomic E-state index is 10.0. The Balaban J connectivity index is 1.80. The van der Waals surface area contributed by atoms with Gasteiger partial charge in [-0.05, 0) is 24.7 Å². The van der Waals surface area contributed by atoms with Crippen LogP contribution in [0.1, 0.15) is 58.3 Å². The predicted molar refractivity (Wildman–Crippen MR) is 54.5 cm³/mol. The fourth-order valence-electron chi connectivity index (χ4n) is 2.82. The van der Waals surface area contributed by atoms with Crippen molar-refractivity contribution in [2.24, 2.45) is 11.8 Å². The topological polar surface area (TPSA) is 20.2 Å². The monoisotopic (exact) mass is 182 g/mol. The molecule has 2 rings (SSSR count). The molecule has 0 aromatic rings. The molecule has 0 amide bonds. The standard InChI is InChI=1S/C12H22O/c1-10-8-12(10,13)9-11-6-4-2-3-5-7-11/h10-11,13H,2-9H2,1H3. The van der Waals surface area contributed by atoms with E-state index in [0.717, 1.165) is 18.8 Å². The van der Waals surface area contributed by atoms with Crippen LogP contribution in [0.2, 0.25) is 0 Å². The molecule has 2 saturated carbocycles. The normalized spacial score (nSPS) is 41.5. The van der Waals surface area contributed by atoms with Crippen molar-refractivity contribution in [3.05, 3.63) is 0 Å². The highest BCUT2D eigenvalue weighted by atomic mass is 16.3. The molecule has 1 heteroatoms. The number of rotatable bonds is 2. The first kappa shape index (κ1) is 9.51. The van der Waals surface area contributed by atoms with E-state index < -0.39 is 0 Å². The van der Waals surface area contributed by atoms with E-state index in [0.29, 0.717) is 5.92 Å². The van der Waals surface area contributed by atoms with Gasteiger partial charge in [0.15, 0.2) is 0 Å². The molecular formula is C12H22O. The lowest BCUT2D eigenvalue weighted by atomic mass is 9.92. The van der Waals surface area contributed by atoms with Crippen molar-refractivity contribution >= 4 is 0 Å². The van der Waals surface area contributed by atoms with E-state index in [2.05, 4.69) is 6.92 Å². The molecule has 0 radical (unpaired) electrons. The molecule has 0 bridgehead atoms. The van der Waals surface area contributed by atoms with Gasteiger partial charge in [0.25, 0.3) is 0 Å². The van der Waals surface area contributed by atoms with Crippen molar-refractivity contribution in [1.29, 1.82) is 0 Å². The molecule has 1 nitrogen and oxygen atoms in total. The SMILES string of the molecule is CC1CC1(O)CC1CCCCCC1. The van der Waals surface area contributed by atoms with Crippen molar-refractivity contribution in [3.63, 3.8) is 0 Å². The fraction of sp³-hybridized carbons (Fsp3) is 1.00. The Morgan fingerprint density at radius 2 is 1.69 bits per heavy atom. The maximum atomic E-state index is 10.0. The van der Waals surface area contributed by atoms with Gasteiger partial charge in [0.1, 0.15) is 0 Å². The van der Waals surface area contributed by atoms with Gasteiger partial charge in [0, 0.05) is 0 Å². The summed E-state index contributed by atoms with van der Waals surface area (Å²) in [6.07, 6.45) is 10.5. The van der Waals surface area contributed by atoms with Gasteiger partial charge in [0.2, 0.25) is 0 Å². The zero-order valence-corrected chi connectivity index (χ0v) is 8.76. The Bertz CT molecular complexity index is 170. The van der Waals surface area contributed by atoms with Gasteiger partial charge in [-0.3, -0.25) is 0 Å². The third kappa shape index (κ3) is 2.25. The van der Waals surface area contributed by atoms with E-state index in [1.54, 1.807) is 0 Å². The summed E-state index contributed by atoms with van der Waals surface area (Å²) in [7, 11) is 0. The molecule has 2 fully saturated rings. The summed E-state index contributed by atoms with van der Waals surface area (Å²) in [4.78, 5) is 0. The average Bonchev–Trinajstić information content (AvgIpc) is 2.73. The second kappa shape index (κ2) is 3.61. The second-order valence-corrected chi connectivity index (χ2v) is 5.27. The molecule has 2 aliphatic carbocycles. The highest BCUT2D eigenvalue weighted by Crippen LogP contribution is 2.48. The van der Waals surface area contributed by atoms with Crippen molar-refractivity contribution in [2.45, 2.75) is 63.9 Å². The largest absolute Gasteiger partial charge is 0.390 e. The molecule has 0 spiro atoms. The Morgan fingerprint density at radius 3 is 2.15 bits per heavy atom. The number of hydrogen-bond donors (Lipinski definition) is 1. The molecular weight excluding hydrogens is 160 g/mol. The molecule has 0 saturated heterocycles. The summed E-state index contributed by atoms with van der Waals surface area (Å²) < 4.78 is 0. The minimum atomic E-state index is -0.241. The van der Waals surface area contributed by atoms with E-state index in [1.807, 2.05) is 0 Å². The molecule has 0 aromatic carbocycles. The van der Waals surface area contributed by atoms with E-state index in [4.69, 9.17) is 0 Å². The zero-order chi connectivity index (χ0) is 9.31. The molecule has 0 aliphatic heterocycles. The van der Waals surface area contributed by atoms with Crippen LogP contribution in [0.3, 0.4) is 0 Å². The number of hydrogen-bond acceptors (Lipinski definition) is 1.